The van der Waals surface area contributed by atoms with Gasteiger partial charge in [-0.2, -0.15) is 0 Å². The molecule has 0 saturated carbocycles. The molecule has 17 heavy (non-hydrogen) atoms. The average molecular weight is 255 g/mol. The number of sulfonamides is 1. The highest BCUT2D eigenvalue weighted by Crippen LogP contribution is 2.16. The van der Waals surface area contributed by atoms with Crippen molar-refractivity contribution in [3.05, 3.63) is 24.0 Å². The van der Waals surface area contributed by atoms with E-state index in [0.717, 1.165) is 18.7 Å². The van der Waals surface area contributed by atoms with Crippen LogP contribution in [0.15, 0.2) is 18.3 Å². The second-order valence-electron chi connectivity index (χ2n) is 4.30. The van der Waals surface area contributed by atoms with Crippen LogP contribution in [0.2, 0.25) is 0 Å². The predicted molar refractivity (Wildman–Crippen MR) is 67.4 cm³/mol. The quantitative estimate of drug-likeness (QED) is 0.841. The molecule has 2 rings (SSSR count). The van der Waals surface area contributed by atoms with Crippen LogP contribution in [-0.4, -0.2) is 31.7 Å². The molecule has 1 unspecified atom stereocenters. The van der Waals surface area contributed by atoms with Gasteiger partial charge >= 0.3 is 0 Å². The maximum Gasteiger partial charge on any atom is 0.236 e. The zero-order valence-electron chi connectivity index (χ0n) is 9.81. The summed E-state index contributed by atoms with van der Waals surface area (Å²) in [5.41, 5.74) is 1.38. The number of aromatic nitrogens is 1. The number of aryl methyl sites for hydroxylation is 1. The summed E-state index contributed by atoms with van der Waals surface area (Å²) >= 11 is 0. The zero-order chi connectivity index (χ0) is 12.3. The van der Waals surface area contributed by atoms with E-state index in [1.54, 1.807) is 18.3 Å². The van der Waals surface area contributed by atoms with Crippen molar-refractivity contribution in [3.63, 3.8) is 0 Å². The third-order valence-electron chi connectivity index (χ3n) is 2.85. The lowest BCUT2D eigenvalue weighted by Crippen LogP contribution is -2.41. The fraction of sp³-hybridized carbons (Fsp3) is 0.545. The van der Waals surface area contributed by atoms with Crippen LogP contribution in [-0.2, 0) is 10.0 Å². The van der Waals surface area contributed by atoms with Crippen molar-refractivity contribution in [2.24, 2.45) is 0 Å². The summed E-state index contributed by atoms with van der Waals surface area (Å²) in [6.45, 7) is 3.26. The van der Waals surface area contributed by atoms with Gasteiger partial charge in [0.25, 0.3) is 0 Å². The van der Waals surface area contributed by atoms with Gasteiger partial charge in [0.15, 0.2) is 0 Å². The van der Waals surface area contributed by atoms with Crippen molar-refractivity contribution in [2.75, 3.05) is 17.8 Å². The van der Waals surface area contributed by atoms with E-state index in [4.69, 9.17) is 0 Å². The summed E-state index contributed by atoms with van der Waals surface area (Å²) in [5, 5.41) is 2.76. The van der Waals surface area contributed by atoms with E-state index < -0.39 is 10.0 Å². The van der Waals surface area contributed by atoms with Crippen LogP contribution >= 0.6 is 0 Å². The third-order valence-corrected chi connectivity index (χ3v) is 4.65. The summed E-state index contributed by atoms with van der Waals surface area (Å²) in [5.74, 6) is 0. The summed E-state index contributed by atoms with van der Waals surface area (Å²) < 4.78 is 26.8. The number of rotatable bonds is 3. The second-order valence-corrected chi connectivity index (χ2v) is 6.26. The Labute approximate surface area is 102 Å². The number of hydrogen-bond donors (Lipinski definition) is 2. The van der Waals surface area contributed by atoms with Gasteiger partial charge in [0.05, 0.1) is 10.9 Å². The third kappa shape index (κ3) is 3.17. The molecule has 1 aliphatic heterocycles. The molecule has 2 heterocycles. The molecule has 0 bridgehead atoms. The predicted octanol–water partition coefficient (Wildman–Crippen LogP) is 0.884. The first-order valence-corrected chi connectivity index (χ1v) is 7.27. The largest absolute Gasteiger partial charge is 0.315 e. The number of nitrogens with one attached hydrogen (secondary N) is 2. The lowest BCUT2D eigenvalue weighted by molar-refractivity contribution is 0.499. The second kappa shape index (κ2) is 5.01. The molecule has 0 radical (unpaired) electrons. The first kappa shape index (κ1) is 12.3. The minimum atomic E-state index is -3.29. The van der Waals surface area contributed by atoms with Gasteiger partial charge in [-0.25, -0.2) is 8.42 Å². The van der Waals surface area contributed by atoms with Crippen molar-refractivity contribution in [1.82, 2.24) is 10.3 Å². The van der Waals surface area contributed by atoms with Crippen LogP contribution in [0.1, 0.15) is 18.5 Å². The monoisotopic (exact) mass is 255 g/mol. The number of anilines is 1. The Hall–Kier alpha value is -1.14. The summed E-state index contributed by atoms with van der Waals surface area (Å²) in [6.07, 6.45) is 3.22. The zero-order valence-corrected chi connectivity index (χ0v) is 10.6. The Kier molecular flexibility index (Phi) is 3.63. The number of nitrogens with zero attached hydrogens (tertiary/aromatic N) is 1. The van der Waals surface area contributed by atoms with Crippen molar-refractivity contribution in [1.29, 1.82) is 0 Å². The highest BCUT2D eigenvalue weighted by atomic mass is 32.2. The topological polar surface area (TPSA) is 71.1 Å². The molecule has 6 heteroatoms. The van der Waals surface area contributed by atoms with Crippen LogP contribution in [0.3, 0.4) is 0 Å². The molecule has 94 valence electrons. The van der Waals surface area contributed by atoms with E-state index in [1.165, 1.54) is 0 Å². The van der Waals surface area contributed by atoms with Crippen LogP contribution in [0.4, 0.5) is 5.69 Å². The fourth-order valence-corrected chi connectivity index (χ4v) is 3.38. The van der Waals surface area contributed by atoms with Gasteiger partial charge in [0.1, 0.15) is 0 Å². The first-order valence-electron chi connectivity index (χ1n) is 5.73. The maximum atomic E-state index is 12.1. The molecule has 2 N–H and O–H groups in total. The Morgan fingerprint density at radius 3 is 3.00 bits per heavy atom. The van der Waals surface area contributed by atoms with E-state index in [2.05, 4.69) is 15.0 Å². The lowest BCUT2D eigenvalue weighted by Gasteiger charge is -2.23. The van der Waals surface area contributed by atoms with Gasteiger partial charge in [0, 0.05) is 18.4 Å². The Morgan fingerprint density at radius 1 is 1.53 bits per heavy atom. The Morgan fingerprint density at radius 2 is 2.35 bits per heavy atom. The summed E-state index contributed by atoms with van der Waals surface area (Å²) in [4.78, 5) is 4.04. The van der Waals surface area contributed by atoms with Crippen LogP contribution in [0, 0.1) is 6.92 Å². The van der Waals surface area contributed by atoms with Gasteiger partial charge in [0.2, 0.25) is 10.0 Å². The van der Waals surface area contributed by atoms with Crippen molar-refractivity contribution in [2.45, 2.75) is 25.0 Å². The molecule has 1 atom stereocenters. The Balaban J connectivity index is 2.11. The normalized spacial score (nSPS) is 21.1. The van der Waals surface area contributed by atoms with Crippen LogP contribution < -0.4 is 10.0 Å². The van der Waals surface area contributed by atoms with Crippen LogP contribution in [0.25, 0.3) is 0 Å². The maximum absolute atomic E-state index is 12.1. The molecule has 1 aromatic rings. The lowest BCUT2D eigenvalue weighted by atomic mass is 10.2. The van der Waals surface area contributed by atoms with Gasteiger partial charge < -0.3 is 5.32 Å². The van der Waals surface area contributed by atoms with E-state index in [1.807, 2.05) is 6.92 Å². The fourth-order valence-electron chi connectivity index (χ4n) is 1.94. The molecule has 0 amide bonds. The number of piperidine rings is 1. The minimum Gasteiger partial charge on any atom is -0.315 e. The van der Waals surface area contributed by atoms with E-state index in [-0.39, 0.29) is 5.25 Å². The van der Waals surface area contributed by atoms with Crippen LogP contribution in [0.5, 0.6) is 0 Å². The van der Waals surface area contributed by atoms with Gasteiger partial charge in [-0.3, -0.25) is 9.71 Å². The van der Waals surface area contributed by atoms with Gasteiger partial charge in [-0.1, -0.05) is 0 Å². The van der Waals surface area contributed by atoms with Crippen molar-refractivity contribution in [3.8, 4) is 0 Å². The SMILES string of the molecule is Cc1cc(NS(=O)(=O)C2CCCNC2)ccn1. The molecular formula is C11H17N3O2S. The molecule has 0 aromatic carbocycles. The van der Waals surface area contributed by atoms with Gasteiger partial charge in [-0.15, -0.1) is 0 Å². The molecular weight excluding hydrogens is 238 g/mol. The molecule has 0 spiro atoms. The highest BCUT2D eigenvalue weighted by molar-refractivity contribution is 7.93. The molecule has 1 fully saturated rings. The molecule has 5 nitrogen and oxygen atoms in total. The number of pyridine rings is 1. The van der Waals surface area contributed by atoms with Crippen molar-refractivity contribution >= 4 is 15.7 Å². The first-order chi connectivity index (χ1) is 8.08. The summed E-state index contributed by atoms with van der Waals surface area (Å²) in [7, 11) is -3.29. The Bertz CT molecular complexity index is 481. The number of hydrogen-bond acceptors (Lipinski definition) is 4. The highest BCUT2D eigenvalue weighted by Gasteiger charge is 2.26. The molecule has 0 aliphatic carbocycles. The average Bonchev–Trinajstić information content (AvgIpc) is 2.29. The summed E-state index contributed by atoms with van der Waals surface area (Å²) in [6, 6.07) is 3.40. The molecule has 1 aliphatic rings. The van der Waals surface area contributed by atoms with Crippen molar-refractivity contribution < 1.29 is 8.42 Å². The smallest absolute Gasteiger partial charge is 0.236 e. The van der Waals surface area contributed by atoms with E-state index in [9.17, 15) is 8.42 Å². The van der Waals surface area contributed by atoms with E-state index >= 15 is 0 Å². The molecule has 1 saturated heterocycles. The van der Waals surface area contributed by atoms with E-state index in [0.29, 0.717) is 18.7 Å². The minimum absolute atomic E-state index is 0.343. The molecule has 1 aromatic heterocycles. The standard InChI is InChI=1S/C11H17N3O2S/c1-9-7-10(4-6-13-9)14-17(15,16)11-3-2-5-12-8-11/h4,6-7,11-12H,2-3,5,8H2,1H3,(H,13,14). The van der Waals surface area contributed by atoms with Gasteiger partial charge in [-0.05, 0) is 38.4 Å².